The number of carboxylic acids is 5. The van der Waals surface area contributed by atoms with E-state index in [2.05, 4.69) is 60.7 Å². The molecule has 0 saturated carbocycles. The van der Waals surface area contributed by atoms with Crippen molar-refractivity contribution in [1.82, 2.24) is 29.4 Å². The number of nitrogens with zero attached hydrogens (tertiary/aromatic N) is 15. The van der Waals surface area contributed by atoms with Crippen molar-refractivity contribution >= 4 is 61.6 Å². The van der Waals surface area contributed by atoms with Crippen LogP contribution in [0.3, 0.4) is 0 Å². The summed E-state index contributed by atoms with van der Waals surface area (Å²) in [6.45, 7) is -0.856. The van der Waals surface area contributed by atoms with Crippen LogP contribution in [0.2, 0.25) is 0 Å². The van der Waals surface area contributed by atoms with E-state index in [4.69, 9.17) is 42.1 Å². The van der Waals surface area contributed by atoms with Crippen molar-refractivity contribution in [2.24, 2.45) is 15.3 Å². The van der Waals surface area contributed by atoms with E-state index in [1.165, 1.54) is 19.6 Å². The van der Waals surface area contributed by atoms with E-state index in [1.54, 1.807) is 28.7 Å². The first-order chi connectivity index (χ1) is 29.9. The Morgan fingerprint density at radius 3 is 0.803 bits per heavy atom. The molecule has 0 aliphatic carbocycles. The number of carbonyl (C=O) groups is 7. The smallest absolute Gasteiger partial charge is 0.317 e. The normalized spacial score (nSPS) is 9.12. The molecule has 0 heterocycles. The van der Waals surface area contributed by atoms with Crippen molar-refractivity contribution < 1.29 is 181 Å². The van der Waals surface area contributed by atoms with E-state index in [1.807, 2.05) is 0 Å². The molecular formula is C31H49N15O17Y3-6. The number of hydrogen-bond donors (Lipinski definition) is 5. The standard InChI is InChI=1S/C14H22N3O9.C14H21N3O8.3CH2N3.3Y/c18-6-5-15(7-12(20)21)1-2-16(10-26-11-19)3-4-17(8-13(22)23)9-14(24)25;18-7-5-15(9-13(21)22)1-3-17(11-25-12-20)4-2-16(6-8-19)10-14(23)24;3*1-3-4-2;;;/h11H,1-5,7-10H2,(H,20,21)(H,22,23)(H,24,25);12H,1-6,9-11H2,(H,21,22)(H,23,24);3*1H2;;;/q-1;-2;3*-1;;;. The maximum atomic E-state index is 10.8. The summed E-state index contributed by atoms with van der Waals surface area (Å²) in [5.41, 5.74) is 21.8. The summed E-state index contributed by atoms with van der Waals surface area (Å²) in [5.74, 6) is -5.68. The van der Waals surface area contributed by atoms with E-state index < -0.39 is 42.9 Å². The van der Waals surface area contributed by atoms with Gasteiger partial charge in [0, 0.05) is 150 Å². The van der Waals surface area contributed by atoms with E-state index in [0.29, 0.717) is 0 Å². The molecule has 0 unspecified atom stereocenters. The zero-order valence-electron chi connectivity index (χ0n) is 35.6. The fourth-order valence-electron chi connectivity index (χ4n) is 3.97. The first-order valence-electron chi connectivity index (χ1n) is 16.9. The van der Waals surface area contributed by atoms with Crippen molar-refractivity contribution in [1.29, 1.82) is 0 Å². The second-order valence-electron chi connectivity index (χ2n) is 11.0. The molecule has 0 aliphatic rings. The third-order valence-corrected chi connectivity index (χ3v) is 6.43. The minimum atomic E-state index is -1.18. The molecule has 66 heavy (non-hydrogen) atoms. The third-order valence-electron chi connectivity index (χ3n) is 6.43. The molecule has 3 radical (unpaired) electrons. The van der Waals surface area contributed by atoms with Crippen LogP contribution >= 0.6 is 0 Å². The number of carbonyl (C=O) groups excluding carboxylic acids is 5. The molecule has 0 spiro atoms. The Bertz CT molecular complexity index is 1410. The van der Waals surface area contributed by atoms with Crippen LogP contribution in [-0.2, 0) is 156 Å². The molecule has 0 saturated heterocycles. The fraction of sp³-hybridized carbons (Fsp3) is 0.581. The first kappa shape index (κ1) is 79.0. The van der Waals surface area contributed by atoms with Crippen molar-refractivity contribution in [2.45, 2.75) is 0 Å². The fourth-order valence-corrected chi connectivity index (χ4v) is 3.97. The zero-order valence-corrected chi connectivity index (χ0v) is 44.1. The molecule has 0 rings (SSSR count). The predicted octanol–water partition coefficient (Wildman–Crippen LogP) is -1.94. The molecule has 0 aromatic heterocycles. The van der Waals surface area contributed by atoms with Crippen LogP contribution in [0.4, 0.5) is 0 Å². The summed E-state index contributed by atoms with van der Waals surface area (Å²) in [6, 6.07) is 0. The van der Waals surface area contributed by atoms with Gasteiger partial charge in [-0.3, -0.25) is 63.6 Å². The largest absolute Gasteiger partial charge is 0.541 e. The molecule has 0 bridgehead atoms. The maximum absolute atomic E-state index is 10.8. The molecule has 0 amide bonds. The molecule has 35 heteroatoms. The minimum Gasteiger partial charge on any atom is -0.541 e. The van der Waals surface area contributed by atoms with Gasteiger partial charge in [-0.15, -0.1) is 0 Å². The number of rotatable bonds is 34. The number of aliphatic carboxylic acids is 5. The predicted molar refractivity (Wildman–Crippen MR) is 212 cm³/mol. The molecule has 5 N–H and O–H groups in total. The Hall–Kier alpha value is -4.09. The summed E-state index contributed by atoms with van der Waals surface area (Å²) < 4.78 is 9.31. The van der Waals surface area contributed by atoms with Crippen LogP contribution in [0.25, 0.3) is 31.3 Å². The maximum Gasteiger partial charge on any atom is 0.317 e. The zero-order chi connectivity index (χ0) is 49.3. The van der Waals surface area contributed by atoms with E-state index in [0.717, 1.165) is 0 Å². The molecule has 0 aromatic rings. The Morgan fingerprint density at radius 2 is 0.636 bits per heavy atom. The van der Waals surface area contributed by atoms with Crippen LogP contribution in [0.5, 0.6) is 0 Å². The van der Waals surface area contributed by atoms with Crippen LogP contribution in [0.15, 0.2) is 15.3 Å². The van der Waals surface area contributed by atoms with Crippen LogP contribution in [0.1, 0.15) is 0 Å². The van der Waals surface area contributed by atoms with Gasteiger partial charge in [0.15, 0.2) is 0 Å². The Kier molecular flexibility index (Phi) is 72.9. The van der Waals surface area contributed by atoms with Crippen LogP contribution < -0.4 is 0 Å². The van der Waals surface area contributed by atoms with Gasteiger partial charge in [-0.05, 0) is 31.3 Å². The van der Waals surface area contributed by atoms with E-state index >= 15 is 0 Å². The average Bonchev–Trinajstić information content (AvgIpc) is 3.22. The Labute approximate surface area is 454 Å². The van der Waals surface area contributed by atoms with E-state index in [9.17, 15) is 47.9 Å². The quantitative estimate of drug-likeness (QED) is 0.0117. The third kappa shape index (κ3) is 66.5. The first-order valence-corrected chi connectivity index (χ1v) is 16.9. The van der Waals surface area contributed by atoms with Gasteiger partial charge in [0.2, 0.25) is 0 Å². The number of carboxylic acid groups (broad SMARTS) is 5. The minimum absolute atomic E-state index is 0. The second kappa shape index (κ2) is 60.9. The monoisotopic (exact) mass is 1170 g/mol. The van der Waals surface area contributed by atoms with Crippen molar-refractivity contribution in [3.8, 4) is 0 Å². The molecule has 32 nitrogen and oxygen atoms in total. The van der Waals surface area contributed by atoms with Crippen molar-refractivity contribution in [3.05, 3.63) is 52.5 Å². The van der Waals surface area contributed by atoms with Gasteiger partial charge in [-0.2, -0.15) is 0 Å². The van der Waals surface area contributed by atoms with Gasteiger partial charge in [0.05, 0.1) is 32.7 Å². The van der Waals surface area contributed by atoms with Crippen LogP contribution in [0, 0.1) is 21.1 Å². The van der Waals surface area contributed by atoms with Gasteiger partial charge in [-0.1, -0.05) is 19.6 Å². The SMILES string of the molecule is O=[C-]CN(CCN(CCN(CC(=O)O)CC(=O)O)COC=O)CC(=O)O.O=[C-]CN(CCN(CCN(C[C-]=O)CC(=O)O)COC=O)CC(=O)O.[CH2-]N=[N+]=[N-].[CH2-]N=[N+]=[N-].[CH2-]N=[N+]=[N-].[Y].[Y].[Y]. The second-order valence-corrected chi connectivity index (χ2v) is 11.0. The summed E-state index contributed by atoms with van der Waals surface area (Å²) in [6.07, 6.45) is 4.84. The van der Waals surface area contributed by atoms with Gasteiger partial charge < -0.3 is 85.2 Å². The Balaban J connectivity index is -0.000000131. The molecular weight excluding hydrogens is 1120 g/mol. The molecule has 0 aromatic carbocycles. The summed E-state index contributed by atoms with van der Waals surface area (Å²) in [4.78, 5) is 121. The van der Waals surface area contributed by atoms with Gasteiger partial charge in [0.25, 0.3) is 12.9 Å². The van der Waals surface area contributed by atoms with E-state index in [-0.39, 0.29) is 216 Å². The summed E-state index contributed by atoms with van der Waals surface area (Å²) in [5, 5.41) is 52.0. The average molecular weight is 1170 g/mol. The van der Waals surface area contributed by atoms with Gasteiger partial charge >= 0.3 is 29.8 Å². The van der Waals surface area contributed by atoms with Crippen molar-refractivity contribution in [2.75, 3.05) is 118 Å². The topological polar surface area (TPSA) is 456 Å². The van der Waals surface area contributed by atoms with Crippen LogP contribution in [-0.4, -0.2) is 235 Å². The molecule has 0 fully saturated rings. The Morgan fingerprint density at radius 1 is 0.455 bits per heavy atom. The molecule has 365 valence electrons. The molecule has 0 aliphatic heterocycles. The number of azide groups is 3. The van der Waals surface area contributed by atoms with Gasteiger partial charge in [-0.25, -0.2) is 18.9 Å². The number of hydrogen-bond acceptors (Lipinski definition) is 21. The van der Waals surface area contributed by atoms with Crippen molar-refractivity contribution in [3.63, 3.8) is 0 Å². The van der Waals surface area contributed by atoms with Gasteiger partial charge in [0.1, 0.15) is 13.5 Å². The summed E-state index contributed by atoms with van der Waals surface area (Å²) >= 11 is 0. The summed E-state index contributed by atoms with van der Waals surface area (Å²) in [7, 11) is 8.44. The number of ether oxygens (including phenoxy) is 2. The molecule has 0 atom stereocenters.